The van der Waals surface area contributed by atoms with Crippen LogP contribution in [-0.2, 0) is 10.0 Å². The molecular weight excluding hydrogens is 305 g/mol. The maximum atomic E-state index is 12.4. The molecule has 0 bridgehead atoms. The first-order valence-corrected chi connectivity index (χ1v) is 8.71. The van der Waals surface area contributed by atoms with Gasteiger partial charge in [-0.2, -0.15) is 0 Å². The van der Waals surface area contributed by atoms with Crippen LogP contribution in [0.25, 0.3) is 0 Å². The van der Waals surface area contributed by atoms with E-state index in [0.717, 1.165) is 25.7 Å². The Bertz CT molecular complexity index is 517. The van der Waals surface area contributed by atoms with E-state index >= 15 is 0 Å². The van der Waals surface area contributed by atoms with Crippen molar-refractivity contribution in [3.8, 4) is 0 Å². The second-order valence-corrected chi connectivity index (χ2v) is 7.33. The highest BCUT2D eigenvalue weighted by Crippen LogP contribution is 2.29. The van der Waals surface area contributed by atoms with Gasteiger partial charge in [-0.05, 0) is 25.0 Å². The third-order valence-corrected chi connectivity index (χ3v) is 5.84. The number of hydrogen-bond donors (Lipinski definition) is 1. The maximum absolute atomic E-state index is 12.4. The maximum Gasteiger partial charge on any atom is 0.243 e. The van der Waals surface area contributed by atoms with Gasteiger partial charge in [-0.3, -0.25) is 0 Å². The molecule has 0 heterocycles. The Morgan fingerprint density at radius 2 is 1.53 bits per heavy atom. The number of halogens is 2. The van der Waals surface area contributed by atoms with Crippen molar-refractivity contribution in [3.05, 3.63) is 28.2 Å². The lowest BCUT2D eigenvalue weighted by molar-refractivity contribution is 0.510. The monoisotopic (exact) mass is 321 g/mol. The van der Waals surface area contributed by atoms with Gasteiger partial charge < -0.3 is 0 Å². The van der Waals surface area contributed by atoms with Crippen molar-refractivity contribution in [3.63, 3.8) is 0 Å². The third-order valence-electron chi connectivity index (χ3n) is 3.36. The van der Waals surface area contributed by atoms with Gasteiger partial charge in [0.2, 0.25) is 10.0 Å². The van der Waals surface area contributed by atoms with Crippen LogP contribution in [0.1, 0.15) is 38.5 Å². The number of benzene rings is 1. The van der Waals surface area contributed by atoms with E-state index in [4.69, 9.17) is 23.2 Å². The number of hydrogen-bond acceptors (Lipinski definition) is 2. The van der Waals surface area contributed by atoms with E-state index in [1.54, 1.807) is 6.07 Å². The molecule has 19 heavy (non-hydrogen) atoms. The van der Waals surface area contributed by atoms with Crippen molar-refractivity contribution in [1.82, 2.24) is 4.72 Å². The molecule has 0 radical (unpaired) electrons. The summed E-state index contributed by atoms with van der Waals surface area (Å²) in [6.45, 7) is 0. The molecule has 106 valence electrons. The molecule has 0 unspecified atom stereocenters. The molecule has 0 atom stereocenters. The molecule has 3 nitrogen and oxygen atoms in total. The van der Waals surface area contributed by atoms with Gasteiger partial charge in [0.15, 0.2) is 0 Å². The molecule has 0 saturated heterocycles. The lowest BCUT2D eigenvalue weighted by Crippen LogP contribution is -2.34. The van der Waals surface area contributed by atoms with Crippen molar-refractivity contribution < 1.29 is 8.42 Å². The zero-order valence-corrected chi connectivity index (χ0v) is 12.9. The van der Waals surface area contributed by atoms with Crippen molar-refractivity contribution in [2.45, 2.75) is 49.5 Å². The second kappa shape index (κ2) is 6.44. The fourth-order valence-electron chi connectivity index (χ4n) is 2.41. The lowest BCUT2D eigenvalue weighted by atomic mass is 10.1. The summed E-state index contributed by atoms with van der Waals surface area (Å²) in [5.74, 6) is 0. The van der Waals surface area contributed by atoms with Gasteiger partial charge in [0.25, 0.3) is 0 Å². The van der Waals surface area contributed by atoms with Gasteiger partial charge in [0.1, 0.15) is 4.90 Å². The summed E-state index contributed by atoms with van der Waals surface area (Å²) in [6, 6.07) is 4.69. The molecule has 1 aliphatic rings. The second-order valence-electron chi connectivity index (χ2n) is 4.86. The number of rotatable bonds is 3. The van der Waals surface area contributed by atoms with Crippen LogP contribution in [0.15, 0.2) is 23.1 Å². The average Bonchev–Trinajstić information content (AvgIpc) is 2.56. The summed E-state index contributed by atoms with van der Waals surface area (Å²) in [5.41, 5.74) is 0. The van der Waals surface area contributed by atoms with Crippen LogP contribution in [0.5, 0.6) is 0 Å². The third kappa shape index (κ3) is 3.85. The topological polar surface area (TPSA) is 46.2 Å². The van der Waals surface area contributed by atoms with Gasteiger partial charge in [-0.1, -0.05) is 55.0 Å². The van der Waals surface area contributed by atoms with E-state index < -0.39 is 10.0 Å². The Morgan fingerprint density at radius 3 is 2.05 bits per heavy atom. The molecule has 0 spiro atoms. The van der Waals surface area contributed by atoms with Crippen molar-refractivity contribution in [1.29, 1.82) is 0 Å². The quantitative estimate of drug-likeness (QED) is 0.855. The molecule has 1 aromatic rings. The van der Waals surface area contributed by atoms with Crippen LogP contribution in [0.2, 0.25) is 10.0 Å². The Hall–Kier alpha value is -0.290. The molecule has 0 aliphatic heterocycles. The summed E-state index contributed by atoms with van der Waals surface area (Å²) in [4.78, 5) is -0.0115. The Morgan fingerprint density at radius 1 is 1.00 bits per heavy atom. The van der Waals surface area contributed by atoms with E-state index in [2.05, 4.69) is 4.72 Å². The largest absolute Gasteiger partial charge is 0.243 e. The first-order valence-electron chi connectivity index (χ1n) is 6.47. The lowest BCUT2D eigenvalue weighted by Gasteiger charge is -2.17. The molecule has 0 amide bonds. The van der Waals surface area contributed by atoms with Crippen LogP contribution in [0.3, 0.4) is 0 Å². The summed E-state index contributed by atoms with van der Waals surface area (Å²) >= 11 is 11.9. The highest BCUT2D eigenvalue weighted by Gasteiger charge is 2.25. The average molecular weight is 322 g/mol. The standard InChI is InChI=1S/C13H17Cl2NO2S/c14-11-8-5-9-12(15)13(11)19(17,18)16-10-6-3-1-2-4-7-10/h5,8-10,16H,1-4,6-7H2. The van der Waals surface area contributed by atoms with Crippen molar-refractivity contribution in [2.24, 2.45) is 0 Å². The van der Waals surface area contributed by atoms with Crippen LogP contribution in [0, 0.1) is 0 Å². The Labute approximate surface area is 124 Å². The molecule has 1 aromatic carbocycles. The first-order chi connectivity index (χ1) is 9.00. The Balaban J connectivity index is 2.22. The SMILES string of the molecule is O=S(=O)(NC1CCCCCC1)c1c(Cl)cccc1Cl. The fraction of sp³-hybridized carbons (Fsp3) is 0.538. The number of sulfonamides is 1. The highest BCUT2D eigenvalue weighted by molar-refractivity contribution is 7.89. The van der Waals surface area contributed by atoms with Gasteiger partial charge >= 0.3 is 0 Å². The molecular formula is C13H17Cl2NO2S. The molecule has 1 aliphatic carbocycles. The van der Waals surface area contributed by atoms with Crippen molar-refractivity contribution in [2.75, 3.05) is 0 Å². The minimum atomic E-state index is -3.65. The van der Waals surface area contributed by atoms with Crippen LogP contribution < -0.4 is 4.72 Å². The van der Waals surface area contributed by atoms with E-state index in [1.165, 1.54) is 25.0 Å². The highest BCUT2D eigenvalue weighted by atomic mass is 35.5. The van der Waals surface area contributed by atoms with E-state index in [0.29, 0.717) is 0 Å². The summed E-state index contributed by atoms with van der Waals surface area (Å²) in [7, 11) is -3.65. The molecule has 1 saturated carbocycles. The minimum absolute atomic E-state index is 0.0115. The summed E-state index contributed by atoms with van der Waals surface area (Å²) < 4.78 is 27.5. The smallest absolute Gasteiger partial charge is 0.208 e. The van der Waals surface area contributed by atoms with E-state index in [9.17, 15) is 8.42 Å². The fourth-order valence-corrected chi connectivity index (χ4v) is 4.86. The van der Waals surface area contributed by atoms with Gasteiger partial charge in [-0.15, -0.1) is 0 Å². The Kier molecular flexibility index (Phi) is 5.12. The zero-order chi connectivity index (χ0) is 13.9. The van der Waals surface area contributed by atoms with E-state index in [1.807, 2.05) is 0 Å². The number of nitrogens with one attached hydrogen (secondary N) is 1. The molecule has 1 fully saturated rings. The van der Waals surface area contributed by atoms with Crippen LogP contribution in [0.4, 0.5) is 0 Å². The minimum Gasteiger partial charge on any atom is -0.208 e. The van der Waals surface area contributed by atoms with Gasteiger partial charge in [0, 0.05) is 6.04 Å². The first kappa shape index (κ1) is 15.1. The van der Waals surface area contributed by atoms with Gasteiger partial charge in [0.05, 0.1) is 10.0 Å². The van der Waals surface area contributed by atoms with Crippen molar-refractivity contribution >= 4 is 33.2 Å². The van der Waals surface area contributed by atoms with Crippen LogP contribution >= 0.6 is 23.2 Å². The van der Waals surface area contributed by atoms with Crippen LogP contribution in [-0.4, -0.2) is 14.5 Å². The summed E-state index contributed by atoms with van der Waals surface area (Å²) in [5, 5.41) is 0.322. The summed E-state index contributed by atoms with van der Waals surface area (Å²) in [6.07, 6.45) is 6.21. The normalized spacial score (nSPS) is 18.2. The van der Waals surface area contributed by atoms with Gasteiger partial charge in [-0.25, -0.2) is 13.1 Å². The molecule has 1 N–H and O–H groups in total. The molecule has 2 rings (SSSR count). The predicted octanol–water partition coefficient (Wildman–Crippen LogP) is 3.99. The predicted molar refractivity (Wildman–Crippen MR) is 78.3 cm³/mol. The van der Waals surface area contributed by atoms with E-state index in [-0.39, 0.29) is 21.0 Å². The molecule has 6 heteroatoms. The molecule has 0 aromatic heterocycles. The zero-order valence-electron chi connectivity index (χ0n) is 10.5.